The zero-order valence-corrected chi connectivity index (χ0v) is 15.7. The number of fused-ring (bicyclic) bond motifs is 1. The number of Topliss-reactive ketones (excluding diaryl/α,β-unsaturated/α-hetero) is 1. The third kappa shape index (κ3) is 4.23. The molecular weight excluding hydrogens is 360 g/mol. The first-order chi connectivity index (χ1) is 12.3. The Bertz CT molecular complexity index is 694. The number of carboxylic acids is 1. The number of amides is 1. The molecule has 7 nitrogen and oxygen atoms in total. The summed E-state index contributed by atoms with van der Waals surface area (Å²) in [5.74, 6) is -2.37. The van der Waals surface area contributed by atoms with Crippen LogP contribution in [0.2, 0.25) is 0 Å². The molecule has 1 amide bonds. The van der Waals surface area contributed by atoms with E-state index in [0.717, 1.165) is 5.06 Å². The van der Waals surface area contributed by atoms with Crippen LogP contribution in [0.5, 0.6) is 0 Å². The summed E-state index contributed by atoms with van der Waals surface area (Å²) in [6.45, 7) is 5.31. The molecule has 0 radical (unpaired) electrons. The Hall–Kier alpha value is -1.96. The van der Waals surface area contributed by atoms with Crippen molar-refractivity contribution in [2.24, 2.45) is 0 Å². The molecule has 0 saturated heterocycles. The maximum Gasteiger partial charge on any atom is 0.326 e. The number of nitrogens with zero attached hydrogens (tertiary/aromatic N) is 1. The number of hydrogen-bond acceptors (Lipinski definition) is 5. The highest BCUT2D eigenvalue weighted by atomic mass is 35.5. The standard InChI is InChI=1S/C18H23ClN2O5/c1-4-7-13(18(24)25)20-17(23)14-15(22)11-8-5-6-9-12(11)16(19)21(14)26-10(2)3/h5-6,8-10,13-14,16H,4,7H2,1-3H3,(H,20,23)(H,24,25)/t13?,14?,16-/m1/s1. The monoisotopic (exact) mass is 382 g/mol. The zero-order valence-electron chi connectivity index (χ0n) is 14.9. The summed E-state index contributed by atoms with van der Waals surface area (Å²) in [5.41, 5.74) is 0.0299. The van der Waals surface area contributed by atoms with Crippen LogP contribution in [-0.4, -0.2) is 46.0 Å². The fraction of sp³-hybridized carbons (Fsp3) is 0.500. The second kappa shape index (κ2) is 8.62. The van der Waals surface area contributed by atoms with E-state index >= 15 is 0 Å². The van der Waals surface area contributed by atoms with E-state index in [1.165, 1.54) is 0 Å². The van der Waals surface area contributed by atoms with Crippen LogP contribution < -0.4 is 5.32 Å². The average molecular weight is 383 g/mol. The zero-order chi connectivity index (χ0) is 19.4. The number of ketones is 1. The molecule has 8 heteroatoms. The van der Waals surface area contributed by atoms with Gasteiger partial charge in [-0.15, -0.1) is 5.06 Å². The first kappa shape index (κ1) is 20.4. The molecule has 0 spiro atoms. The number of hydrogen-bond donors (Lipinski definition) is 2. The molecule has 142 valence electrons. The van der Waals surface area contributed by atoms with Gasteiger partial charge in [-0.25, -0.2) is 4.79 Å². The second-order valence-corrected chi connectivity index (χ2v) is 6.81. The van der Waals surface area contributed by atoms with Gasteiger partial charge in [0, 0.05) is 5.56 Å². The van der Waals surface area contributed by atoms with Crippen molar-refractivity contribution in [2.45, 2.75) is 57.3 Å². The Balaban J connectivity index is 2.37. The topological polar surface area (TPSA) is 95.9 Å². The van der Waals surface area contributed by atoms with Crippen molar-refractivity contribution in [1.29, 1.82) is 0 Å². The minimum absolute atomic E-state index is 0.258. The summed E-state index contributed by atoms with van der Waals surface area (Å²) in [6, 6.07) is 4.30. The number of hydroxylamine groups is 2. The van der Waals surface area contributed by atoms with E-state index in [4.69, 9.17) is 16.4 Å². The van der Waals surface area contributed by atoms with E-state index in [0.29, 0.717) is 17.5 Å². The summed E-state index contributed by atoms with van der Waals surface area (Å²) in [7, 11) is 0. The molecule has 2 unspecified atom stereocenters. The van der Waals surface area contributed by atoms with Gasteiger partial charge in [0.1, 0.15) is 11.5 Å². The summed E-state index contributed by atoms with van der Waals surface area (Å²) >= 11 is 6.47. The molecule has 2 N–H and O–H groups in total. The van der Waals surface area contributed by atoms with E-state index in [-0.39, 0.29) is 12.5 Å². The molecule has 0 bridgehead atoms. The molecule has 3 atom stereocenters. The van der Waals surface area contributed by atoms with Gasteiger partial charge >= 0.3 is 5.97 Å². The number of carboxylic acid groups (broad SMARTS) is 1. The molecule has 1 aromatic carbocycles. The Labute approximate surface area is 157 Å². The van der Waals surface area contributed by atoms with Crippen LogP contribution in [0.15, 0.2) is 24.3 Å². The highest BCUT2D eigenvalue weighted by Crippen LogP contribution is 2.36. The Morgan fingerprint density at radius 1 is 1.35 bits per heavy atom. The minimum Gasteiger partial charge on any atom is -0.480 e. The Morgan fingerprint density at radius 3 is 2.58 bits per heavy atom. The van der Waals surface area contributed by atoms with Gasteiger partial charge in [-0.05, 0) is 25.8 Å². The van der Waals surface area contributed by atoms with Gasteiger partial charge in [0.25, 0.3) is 0 Å². The van der Waals surface area contributed by atoms with Gasteiger partial charge in [0.2, 0.25) is 5.91 Å². The lowest BCUT2D eigenvalue weighted by molar-refractivity contribution is -0.215. The number of nitrogens with one attached hydrogen (secondary N) is 1. The number of carbonyl (C=O) groups is 3. The van der Waals surface area contributed by atoms with E-state index in [1.807, 2.05) is 6.92 Å². The molecule has 0 aliphatic carbocycles. The first-order valence-corrected chi connectivity index (χ1v) is 8.97. The van der Waals surface area contributed by atoms with Crippen LogP contribution in [-0.2, 0) is 14.4 Å². The summed E-state index contributed by atoms with van der Waals surface area (Å²) < 4.78 is 0. The summed E-state index contributed by atoms with van der Waals surface area (Å²) in [4.78, 5) is 42.7. The highest BCUT2D eigenvalue weighted by molar-refractivity contribution is 6.24. The highest BCUT2D eigenvalue weighted by Gasteiger charge is 2.45. The number of rotatable bonds is 7. The van der Waals surface area contributed by atoms with Crippen LogP contribution in [0.25, 0.3) is 0 Å². The van der Waals surface area contributed by atoms with Crippen molar-refractivity contribution >= 4 is 29.3 Å². The van der Waals surface area contributed by atoms with E-state index < -0.39 is 35.2 Å². The molecular formula is C18H23ClN2O5. The van der Waals surface area contributed by atoms with Gasteiger partial charge < -0.3 is 10.4 Å². The number of benzene rings is 1. The van der Waals surface area contributed by atoms with Gasteiger partial charge in [-0.2, -0.15) is 0 Å². The van der Waals surface area contributed by atoms with Crippen LogP contribution >= 0.6 is 11.6 Å². The molecule has 2 rings (SSSR count). The van der Waals surface area contributed by atoms with E-state index in [9.17, 15) is 19.5 Å². The van der Waals surface area contributed by atoms with Crippen molar-refractivity contribution in [3.05, 3.63) is 35.4 Å². The van der Waals surface area contributed by atoms with Crippen molar-refractivity contribution in [2.75, 3.05) is 0 Å². The maximum atomic E-state index is 12.9. The average Bonchev–Trinajstić information content (AvgIpc) is 2.58. The van der Waals surface area contributed by atoms with Gasteiger partial charge in [-0.1, -0.05) is 49.2 Å². The lowest BCUT2D eigenvalue weighted by atomic mass is 9.93. The Morgan fingerprint density at radius 2 is 2.00 bits per heavy atom. The van der Waals surface area contributed by atoms with Crippen LogP contribution in [0.3, 0.4) is 0 Å². The summed E-state index contributed by atoms with van der Waals surface area (Å²) in [5, 5.41) is 12.9. The number of alkyl halides is 1. The molecule has 1 aliphatic rings. The summed E-state index contributed by atoms with van der Waals surface area (Å²) in [6.07, 6.45) is 0.507. The van der Waals surface area contributed by atoms with Gasteiger partial charge in [0.15, 0.2) is 11.8 Å². The fourth-order valence-electron chi connectivity index (χ4n) is 2.85. The molecule has 26 heavy (non-hydrogen) atoms. The van der Waals surface area contributed by atoms with E-state index in [2.05, 4.69) is 5.32 Å². The van der Waals surface area contributed by atoms with Gasteiger partial charge in [-0.3, -0.25) is 14.4 Å². The van der Waals surface area contributed by atoms with E-state index in [1.54, 1.807) is 38.1 Å². The predicted molar refractivity (Wildman–Crippen MR) is 95.7 cm³/mol. The lowest BCUT2D eigenvalue weighted by Crippen LogP contribution is -2.57. The smallest absolute Gasteiger partial charge is 0.326 e. The molecule has 1 aromatic rings. The maximum absolute atomic E-state index is 12.9. The molecule has 0 fully saturated rings. The molecule has 1 heterocycles. The SMILES string of the molecule is CCCC(NC(=O)C1C(=O)c2ccccc2[C@H](Cl)N1OC(C)C)C(=O)O. The third-order valence-electron chi connectivity index (χ3n) is 3.98. The Kier molecular flexibility index (Phi) is 6.75. The second-order valence-electron chi connectivity index (χ2n) is 6.39. The lowest BCUT2D eigenvalue weighted by Gasteiger charge is -2.38. The largest absolute Gasteiger partial charge is 0.480 e. The van der Waals surface area contributed by atoms with Crippen molar-refractivity contribution in [3.63, 3.8) is 0 Å². The normalized spacial score (nSPS) is 21.3. The van der Waals surface area contributed by atoms with Gasteiger partial charge in [0.05, 0.1) is 6.10 Å². The molecule has 0 aromatic heterocycles. The fourth-order valence-corrected chi connectivity index (χ4v) is 3.20. The molecule has 1 aliphatic heterocycles. The van der Waals surface area contributed by atoms with Crippen molar-refractivity contribution in [1.82, 2.24) is 10.4 Å². The quantitative estimate of drug-likeness (QED) is 0.427. The number of aliphatic carboxylic acids is 1. The van der Waals surface area contributed by atoms with Crippen molar-refractivity contribution in [3.8, 4) is 0 Å². The van der Waals surface area contributed by atoms with Crippen LogP contribution in [0.1, 0.15) is 55.0 Å². The third-order valence-corrected chi connectivity index (χ3v) is 4.41. The number of carbonyl (C=O) groups excluding carboxylic acids is 2. The number of halogens is 1. The molecule has 0 saturated carbocycles. The first-order valence-electron chi connectivity index (χ1n) is 8.53. The van der Waals surface area contributed by atoms with Crippen LogP contribution in [0.4, 0.5) is 0 Å². The predicted octanol–water partition coefficient (Wildman–Crippen LogP) is 2.50. The van der Waals surface area contributed by atoms with Crippen molar-refractivity contribution < 1.29 is 24.3 Å². The van der Waals surface area contributed by atoms with Crippen LogP contribution in [0, 0.1) is 0 Å². The minimum atomic E-state index is -1.35.